The number of aliphatic hydroxyl groups excluding tert-OH is 2. The van der Waals surface area contributed by atoms with Crippen molar-refractivity contribution in [1.29, 1.82) is 0 Å². The van der Waals surface area contributed by atoms with Crippen molar-refractivity contribution in [2.45, 2.75) is 51.6 Å². The lowest BCUT2D eigenvalue weighted by molar-refractivity contribution is -0.146. The molecule has 0 spiro atoms. The van der Waals surface area contributed by atoms with Crippen molar-refractivity contribution in [3.63, 3.8) is 0 Å². The largest absolute Gasteiger partial charge is 0.508 e. The highest BCUT2D eigenvalue weighted by atomic mass is 32.1. The molecular formula is C26H33N3O4S. The fourth-order valence-electron chi connectivity index (χ4n) is 5.96. The van der Waals surface area contributed by atoms with E-state index < -0.39 is 11.5 Å². The molecule has 5 unspecified atom stereocenters. The van der Waals surface area contributed by atoms with Crippen molar-refractivity contribution >= 4 is 28.1 Å². The third-order valence-electron chi connectivity index (χ3n) is 8.12. The summed E-state index contributed by atoms with van der Waals surface area (Å²) in [6.45, 7) is 4.27. The highest BCUT2D eigenvalue weighted by molar-refractivity contribution is 7.15. The van der Waals surface area contributed by atoms with Gasteiger partial charge in [0.1, 0.15) is 5.75 Å². The number of aromatic nitrogens is 1. The zero-order chi connectivity index (χ0) is 24.7. The van der Waals surface area contributed by atoms with Crippen LogP contribution in [0.1, 0.15) is 49.6 Å². The predicted molar refractivity (Wildman–Crippen MR) is 133 cm³/mol. The fraction of sp³-hybridized carbons (Fsp3) is 0.538. The van der Waals surface area contributed by atoms with Gasteiger partial charge in [-0.25, -0.2) is 4.98 Å². The number of phenols is 1. The summed E-state index contributed by atoms with van der Waals surface area (Å²) in [5.41, 5.74) is 0.656. The number of nitrogens with zero attached hydrogens (tertiary/aromatic N) is 2. The second-order valence-electron chi connectivity index (χ2n) is 10.2. The fourth-order valence-corrected chi connectivity index (χ4v) is 7.05. The number of rotatable bonds is 6. The number of hydrogen-bond donors (Lipinski definition) is 4. The number of phenolic OH excluding ortho intramolecular Hbond substituents is 1. The summed E-state index contributed by atoms with van der Waals surface area (Å²) in [6.07, 6.45) is 7.10. The Morgan fingerprint density at radius 3 is 2.85 bits per heavy atom. The van der Waals surface area contributed by atoms with Crippen molar-refractivity contribution in [3.8, 4) is 18.1 Å². The first-order valence-electron chi connectivity index (χ1n) is 11.6. The van der Waals surface area contributed by atoms with E-state index in [1.807, 2.05) is 13.0 Å². The minimum absolute atomic E-state index is 0.00828. The van der Waals surface area contributed by atoms with Crippen LogP contribution in [-0.4, -0.2) is 57.4 Å². The first-order valence-corrected chi connectivity index (χ1v) is 12.5. The second-order valence-corrected chi connectivity index (χ2v) is 11.3. The summed E-state index contributed by atoms with van der Waals surface area (Å²) in [7, 11) is 1.71. The zero-order valence-corrected chi connectivity index (χ0v) is 20.7. The molecule has 2 aromatic rings. The van der Waals surface area contributed by atoms with Crippen molar-refractivity contribution in [2.75, 3.05) is 25.5 Å². The number of aromatic hydroxyl groups is 1. The smallest absolute Gasteiger partial charge is 0.223 e. The summed E-state index contributed by atoms with van der Waals surface area (Å²) < 4.78 is 0. The maximum absolute atomic E-state index is 13.1. The molecule has 2 aliphatic carbocycles. The monoisotopic (exact) mass is 483 g/mol. The average Bonchev–Trinajstić information content (AvgIpc) is 3.20. The Bertz CT molecular complexity index is 1110. The van der Waals surface area contributed by atoms with E-state index in [0.717, 1.165) is 22.7 Å². The van der Waals surface area contributed by atoms with Gasteiger partial charge in [-0.05, 0) is 42.7 Å². The lowest BCUT2D eigenvalue weighted by Crippen LogP contribution is -2.57. The van der Waals surface area contributed by atoms with Crippen LogP contribution in [0.15, 0.2) is 24.3 Å². The van der Waals surface area contributed by atoms with Crippen LogP contribution in [0.2, 0.25) is 0 Å². The summed E-state index contributed by atoms with van der Waals surface area (Å²) in [4.78, 5) is 20.7. The van der Waals surface area contributed by atoms with Gasteiger partial charge in [-0.2, -0.15) is 0 Å². The Labute approximate surface area is 204 Å². The number of thiazole rings is 1. The van der Waals surface area contributed by atoms with Gasteiger partial charge in [-0.1, -0.05) is 25.8 Å². The minimum Gasteiger partial charge on any atom is -0.508 e. The third kappa shape index (κ3) is 4.17. The summed E-state index contributed by atoms with van der Waals surface area (Å²) in [5.74, 6) is 2.48. The number of fused-ring (bicyclic) bond motifs is 2. The van der Waals surface area contributed by atoms with E-state index >= 15 is 0 Å². The first kappa shape index (κ1) is 24.5. The van der Waals surface area contributed by atoms with Crippen molar-refractivity contribution < 1.29 is 20.1 Å². The van der Waals surface area contributed by atoms with Gasteiger partial charge in [-0.15, -0.1) is 17.8 Å². The van der Waals surface area contributed by atoms with E-state index in [1.165, 1.54) is 11.3 Å². The Hall–Kier alpha value is -2.60. The van der Waals surface area contributed by atoms with E-state index in [1.54, 1.807) is 30.1 Å². The van der Waals surface area contributed by atoms with Crippen LogP contribution in [-0.2, 0) is 11.2 Å². The molecule has 0 aliphatic heterocycles. The highest BCUT2D eigenvalue weighted by Crippen LogP contribution is 2.63. The van der Waals surface area contributed by atoms with Gasteiger partial charge < -0.3 is 25.5 Å². The van der Waals surface area contributed by atoms with Crippen LogP contribution < -0.4 is 5.32 Å². The van der Waals surface area contributed by atoms with Crippen LogP contribution in [0, 0.1) is 29.1 Å². The van der Waals surface area contributed by atoms with Gasteiger partial charge in [0.25, 0.3) is 0 Å². The molecule has 1 fully saturated rings. The number of nitrogens with one attached hydrogen (secondary N) is 1. The molecule has 4 N–H and O–H groups in total. The standard InChI is InChI=1S/C26H33N3O4S/c1-5-11-29(4)22(33)13-18-23-19(34-24(28-23)27-16-7-6-8-17(31)12-16)14-20-25(18,2)10-9-21(32)26(20,3)15-30/h1,6-8,12,18,20-21,30-32H,9-11,13-15H2,2-4H3,(H,27,28). The van der Waals surface area contributed by atoms with Gasteiger partial charge in [-0.3, -0.25) is 4.79 Å². The molecule has 1 aromatic heterocycles. The Morgan fingerprint density at radius 1 is 1.41 bits per heavy atom. The van der Waals surface area contributed by atoms with Gasteiger partial charge >= 0.3 is 0 Å². The van der Waals surface area contributed by atoms with E-state index in [-0.39, 0.29) is 48.5 Å². The molecular weight excluding hydrogens is 450 g/mol. The van der Waals surface area contributed by atoms with Crippen LogP contribution in [0.3, 0.4) is 0 Å². The molecule has 1 aromatic carbocycles. The molecule has 7 nitrogen and oxygen atoms in total. The number of aliphatic hydroxyl groups is 2. The molecule has 1 saturated carbocycles. The first-order chi connectivity index (χ1) is 16.1. The summed E-state index contributed by atoms with van der Waals surface area (Å²) in [6, 6.07) is 6.86. The molecule has 1 heterocycles. The molecule has 0 saturated heterocycles. The van der Waals surface area contributed by atoms with E-state index in [0.29, 0.717) is 18.0 Å². The lowest BCUT2D eigenvalue weighted by Gasteiger charge is -2.58. The van der Waals surface area contributed by atoms with Crippen molar-refractivity contribution in [2.24, 2.45) is 16.7 Å². The van der Waals surface area contributed by atoms with Gasteiger partial charge in [0.2, 0.25) is 5.91 Å². The van der Waals surface area contributed by atoms with E-state index in [2.05, 4.69) is 18.2 Å². The molecule has 5 atom stereocenters. The molecule has 34 heavy (non-hydrogen) atoms. The number of anilines is 2. The minimum atomic E-state index is -0.667. The molecule has 0 radical (unpaired) electrons. The Morgan fingerprint density at radius 2 is 2.18 bits per heavy atom. The van der Waals surface area contributed by atoms with Crippen LogP contribution in [0.25, 0.3) is 0 Å². The maximum Gasteiger partial charge on any atom is 0.223 e. The molecule has 182 valence electrons. The normalized spacial score (nSPS) is 30.1. The zero-order valence-electron chi connectivity index (χ0n) is 19.9. The maximum atomic E-state index is 13.1. The van der Waals surface area contributed by atoms with Crippen LogP contribution in [0.4, 0.5) is 10.8 Å². The summed E-state index contributed by atoms with van der Waals surface area (Å²) >= 11 is 1.53. The lowest BCUT2D eigenvalue weighted by atomic mass is 9.47. The number of benzene rings is 1. The molecule has 2 aliphatic rings. The van der Waals surface area contributed by atoms with Crippen molar-refractivity contribution in [1.82, 2.24) is 9.88 Å². The van der Waals surface area contributed by atoms with Gasteiger partial charge in [0.05, 0.1) is 24.9 Å². The van der Waals surface area contributed by atoms with E-state index in [4.69, 9.17) is 11.4 Å². The van der Waals surface area contributed by atoms with Gasteiger partial charge in [0, 0.05) is 41.4 Å². The second kappa shape index (κ2) is 9.21. The molecule has 8 heteroatoms. The number of carbonyl (C=O) groups excluding carboxylic acids is 1. The molecule has 0 bridgehead atoms. The van der Waals surface area contributed by atoms with Crippen molar-refractivity contribution in [3.05, 3.63) is 34.8 Å². The predicted octanol–water partition coefficient (Wildman–Crippen LogP) is 3.49. The molecule has 1 amide bonds. The Kier molecular flexibility index (Phi) is 6.65. The number of carbonyl (C=O) groups is 1. The van der Waals surface area contributed by atoms with Crippen LogP contribution in [0.5, 0.6) is 5.75 Å². The quantitative estimate of drug-likeness (QED) is 0.469. The third-order valence-corrected chi connectivity index (χ3v) is 9.13. The average molecular weight is 484 g/mol. The number of amides is 1. The molecule has 4 rings (SSSR count). The number of hydrogen-bond acceptors (Lipinski definition) is 7. The topological polar surface area (TPSA) is 106 Å². The van der Waals surface area contributed by atoms with Crippen LogP contribution >= 0.6 is 11.3 Å². The highest BCUT2D eigenvalue weighted by Gasteiger charge is 2.59. The Balaban J connectivity index is 1.75. The number of terminal acetylenes is 1. The van der Waals surface area contributed by atoms with Gasteiger partial charge in [0.15, 0.2) is 5.13 Å². The SMILES string of the molecule is C#CCN(C)C(=O)CC1c2nc(Nc3cccc(O)c3)sc2CC2C(C)(CO)C(O)CCC12C. The van der Waals surface area contributed by atoms with E-state index in [9.17, 15) is 20.1 Å². The summed E-state index contributed by atoms with van der Waals surface area (Å²) in [5, 5.41) is 35.0.